The lowest BCUT2D eigenvalue weighted by atomic mass is 10.2. The van der Waals surface area contributed by atoms with Gasteiger partial charge in [-0.05, 0) is 30.3 Å². The number of hydrogen-bond acceptors (Lipinski definition) is 3. The molecule has 1 amide bonds. The molecule has 3 rings (SSSR count). The molecule has 0 aliphatic carbocycles. The summed E-state index contributed by atoms with van der Waals surface area (Å²) in [6.45, 7) is 0. The molecule has 5 nitrogen and oxygen atoms in total. The van der Waals surface area contributed by atoms with Gasteiger partial charge in [-0.25, -0.2) is 8.78 Å². The first-order chi connectivity index (χ1) is 10.6. The van der Waals surface area contributed by atoms with Gasteiger partial charge < -0.3 is 5.32 Å². The van der Waals surface area contributed by atoms with Gasteiger partial charge in [0.05, 0.1) is 5.69 Å². The van der Waals surface area contributed by atoms with Crippen LogP contribution in [0.1, 0.15) is 10.5 Å². The molecule has 0 bridgehead atoms. The maximum atomic E-state index is 13.1. The van der Waals surface area contributed by atoms with Gasteiger partial charge in [0.15, 0.2) is 11.6 Å². The molecule has 2 heterocycles. The third-order valence-electron chi connectivity index (χ3n) is 2.98. The second-order valence-electron chi connectivity index (χ2n) is 4.49. The molecule has 1 aromatic carbocycles. The summed E-state index contributed by atoms with van der Waals surface area (Å²) >= 11 is 0. The molecule has 0 spiro atoms. The van der Waals surface area contributed by atoms with Crippen LogP contribution in [0, 0.1) is 11.6 Å². The number of hydrogen-bond donors (Lipinski definition) is 2. The van der Waals surface area contributed by atoms with E-state index in [-0.39, 0.29) is 11.4 Å². The summed E-state index contributed by atoms with van der Waals surface area (Å²) < 4.78 is 25.9. The Balaban J connectivity index is 1.78. The quantitative estimate of drug-likeness (QED) is 0.781. The van der Waals surface area contributed by atoms with Crippen LogP contribution in [0.15, 0.2) is 48.8 Å². The number of H-pyrrole nitrogens is 1. The number of aromatic amines is 1. The van der Waals surface area contributed by atoms with Crippen LogP contribution in [-0.2, 0) is 0 Å². The first-order valence-corrected chi connectivity index (χ1v) is 6.36. The first-order valence-electron chi connectivity index (χ1n) is 6.36. The number of carbonyl (C=O) groups is 1. The second-order valence-corrected chi connectivity index (χ2v) is 4.49. The summed E-state index contributed by atoms with van der Waals surface area (Å²) in [4.78, 5) is 15.9. The number of halogens is 2. The summed E-state index contributed by atoms with van der Waals surface area (Å²) in [6.07, 6.45) is 3.23. The van der Waals surface area contributed by atoms with Crippen molar-refractivity contribution >= 4 is 11.6 Å². The highest BCUT2D eigenvalue weighted by Gasteiger charge is 2.12. The number of aromatic nitrogens is 3. The number of benzene rings is 1. The van der Waals surface area contributed by atoms with Crippen molar-refractivity contribution < 1.29 is 13.6 Å². The molecule has 7 heteroatoms. The van der Waals surface area contributed by atoms with Crippen LogP contribution in [0.25, 0.3) is 11.3 Å². The van der Waals surface area contributed by atoms with Crippen LogP contribution < -0.4 is 5.32 Å². The molecule has 0 aliphatic rings. The molecule has 3 aromatic rings. The van der Waals surface area contributed by atoms with Gasteiger partial charge in [0.2, 0.25) is 0 Å². The smallest absolute Gasteiger partial charge is 0.273 e. The Labute approximate surface area is 124 Å². The lowest BCUT2D eigenvalue weighted by molar-refractivity contribution is 0.102. The van der Waals surface area contributed by atoms with Crippen LogP contribution in [0.2, 0.25) is 0 Å². The van der Waals surface area contributed by atoms with Gasteiger partial charge in [0.25, 0.3) is 5.91 Å². The average Bonchev–Trinajstić information content (AvgIpc) is 3.02. The molecule has 0 aliphatic heterocycles. The predicted octanol–water partition coefficient (Wildman–Crippen LogP) is 3.00. The molecular formula is C15H10F2N4O. The molecule has 0 saturated heterocycles. The summed E-state index contributed by atoms with van der Waals surface area (Å²) in [5.41, 5.74) is 1.75. The van der Waals surface area contributed by atoms with E-state index in [0.717, 1.165) is 17.7 Å². The number of carbonyl (C=O) groups excluding carboxylic acids is 1. The maximum Gasteiger partial charge on any atom is 0.273 e. The lowest BCUT2D eigenvalue weighted by Gasteiger charge is -2.03. The number of amides is 1. The minimum atomic E-state index is -1.03. The third kappa shape index (κ3) is 2.83. The molecule has 0 saturated carbocycles. The Hall–Kier alpha value is -3.09. The van der Waals surface area contributed by atoms with E-state index >= 15 is 0 Å². The summed E-state index contributed by atoms with van der Waals surface area (Å²) in [6, 6.07) is 8.20. The Kier molecular flexibility index (Phi) is 3.61. The SMILES string of the molecule is O=C(Nc1ccc(F)c(F)c1)c1cc(-c2ccncc2)n[nH]1. The number of nitrogens with zero attached hydrogens (tertiary/aromatic N) is 2. The molecule has 0 atom stereocenters. The van der Waals surface area contributed by atoms with E-state index in [0.29, 0.717) is 5.69 Å². The Bertz CT molecular complexity index is 817. The zero-order valence-corrected chi connectivity index (χ0v) is 11.2. The van der Waals surface area contributed by atoms with Gasteiger partial charge in [-0.1, -0.05) is 0 Å². The fraction of sp³-hybridized carbons (Fsp3) is 0. The van der Waals surface area contributed by atoms with Gasteiger partial charge in [-0.3, -0.25) is 14.9 Å². The first kappa shape index (κ1) is 13.9. The standard InChI is InChI=1S/C15H10F2N4O/c16-11-2-1-10(7-12(11)17)19-15(22)14-8-13(20-21-14)9-3-5-18-6-4-9/h1-8H,(H,19,22)(H,20,21). The van der Waals surface area contributed by atoms with Gasteiger partial charge >= 0.3 is 0 Å². The molecule has 22 heavy (non-hydrogen) atoms. The zero-order chi connectivity index (χ0) is 15.5. The molecule has 0 unspecified atom stereocenters. The highest BCUT2D eigenvalue weighted by Crippen LogP contribution is 2.18. The van der Waals surface area contributed by atoms with Crippen molar-refractivity contribution in [3.05, 3.63) is 66.1 Å². The predicted molar refractivity (Wildman–Crippen MR) is 76.1 cm³/mol. The highest BCUT2D eigenvalue weighted by molar-refractivity contribution is 6.03. The minimum Gasteiger partial charge on any atom is -0.321 e. The van der Waals surface area contributed by atoms with Crippen molar-refractivity contribution in [2.45, 2.75) is 0 Å². The van der Waals surface area contributed by atoms with Crippen molar-refractivity contribution in [2.75, 3.05) is 5.32 Å². The fourth-order valence-electron chi connectivity index (χ4n) is 1.88. The molecule has 2 aromatic heterocycles. The third-order valence-corrected chi connectivity index (χ3v) is 2.98. The lowest BCUT2D eigenvalue weighted by Crippen LogP contribution is -2.12. The van der Waals surface area contributed by atoms with Crippen LogP contribution in [0.3, 0.4) is 0 Å². The largest absolute Gasteiger partial charge is 0.321 e. The Morgan fingerprint density at radius 2 is 1.82 bits per heavy atom. The van der Waals surface area contributed by atoms with Crippen LogP contribution >= 0.6 is 0 Å². The van der Waals surface area contributed by atoms with Crippen LogP contribution in [0.5, 0.6) is 0 Å². The van der Waals surface area contributed by atoms with Gasteiger partial charge in [0.1, 0.15) is 5.69 Å². The van der Waals surface area contributed by atoms with E-state index in [1.807, 2.05) is 0 Å². The van der Waals surface area contributed by atoms with E-state index in [2.05, 4.69) is 20.5 Å². The maximum absolute atomic E-state index is 13.1. The highest BCUT2D eigenvalue weighted by atomic mass is 19.2. The molecular weight excluding hydrogens is 290 g/mol. The van der Waals surface area contributed by atoms with Crippen LogP contribution in [-0.4, -0.2) is 21.1 Å². The van der Waals surface area contributed by atoms with Crippen LogP contribution in [0.4, 0.5) is 14.5 Å². The average molecular weight is 300 g/mol. The Morgan fingerprint density at radius 3 is 2.55 bits per heavy atom. The number of rotatable bonds is 3. The van der Waals surface area contributed by atoms with E-state index in [1.54, 1.807) is 30.6 Å². The van der Waals surface area contributed by atoms with Gasteiger partial charge in [-0.2, -0.15) is 5.10 Å². The van der Waals surface area contributed by atoms with Crippen molar-refractivity contribution in [2.24, 2.45) is 0 Å². The Morgan fingerprint density at radius 1 is 1.05 bits per heavy atom. The van der Waals surface area contributed by atoms with E-state index in [1.165, 1.54) is 6.07 Å². The normalized spacial score (nSPS) is 10.5. The zero-order valence-electron chi connectivity index (χ0n) is 11.2. The monoisotopic (exact) mass is 300 g/mol. The van der Waals surface area contributed by atoms with E-state index < -0.39 is 17.5 Å². The van der Waals surface area contributed by atoms with Crippen molar-refractivity contribution in [1.82, 2.24) is 15.2 Å². The minimum absolute atomic E-state index is 0.156. The number of nitrogens with one attached hydrogen (secondary N) is 2. The summed E-state index contributed by atoms with van der Waals surface area (Å²) in [5, 5.41) is 9.09. The fourth-order valence-corrected chi connectivity index (χ4v) is 1.88. The van der Waals surface area contributed by atoms with Gasteiger partial charge in [0, 0.05) is 29.7 Å². The molecule has 110 valence electrons. The number of pyridine rings is 1. The summed E-state index contributed by atoms with van der Waals surface area (Å²) in [7, 11) is 0. The molecule has 0 fully saturated rings. The summed E-state index contributed by atoms with van der Waals surface area (Å²) in [5.74, 6) is -2.50. The van der Waals surface area contributed by atoms with Crippen molar-refractivity contribution in [3.8, 4) is 11.3 Å². The topological polar surface area (TPSA) is 70.7 Å². The van der Waals surface area contributed by atoms with Gasteiger partial charge in [-0.15, -0.1) is 0 Å². The van der Waals surface area contributed by atoms with Crippen molar-refractivity contribution in [1.29, 1.82) is 0 Å². The van der Waals surface area contributed by atoms with E-state index in [4.69, 9.17) is 0 Å². The van der Waals surface area contributed by atoms with Crippen molar-refractivity contribution in [3.63, 3.8) is 0 Å². The van der Waals surface area contributed by atoms with E-state index in [9.17, 15) is 13.6 Å². The molecule has 2 N–H and O–H groups in total. The second kappa shape index (κ2) is 5.72. The number of anilines is 1. The molecule has 0 radical (unpaired) electrons.